The number of hydrazine groups is 1. The number of nitrogens with one attached hydrogen (secondary N) is 1. The van der Waals surface area contributed by atoms with Crippen molar-refractivity contribution in [2.24, 2.45) is 5.84 Å². The minimum absolute atomic E-state index is 0.0919. The van der Waals surface area contributed by atoms with Gasteiger partial charge in [-0.05, 0) is 68.2 Å². The van der Waals surface area contributed by atoms with Crippen molar-refractivity contribution in [2.45, 2.75) is 12.5 Å². The van der Waals surface area contributed by atoms with E-state index in [1.165, 1.54) is 9.13 Å². The Balaban J connectivity index is 2.23. The van der Waals surface area contributed by atoms with Gasteiger partial charge >= 0.3 is 0 Å². The molecule has 0 amide bonds. The van der Waals surface area contributed by atoms with Crippen LogP contribution in [0.5, 0.6) is 0 Å². The molecule has 3 N–H and O–H groups in total. The highest BCUT2D eigenvalue weighted by Crippen LogP contribution is 2.23. The molecule has 2 rings (SSSR count). The van der Waals surface area contributed by atoms with Gasteiger partial charge in [0.15, 0.2) is 0 Å². The molecule has 5 heteroatoms. The third kappa shape index (κ3) is 3.50. The molecule has 0 aliphatic rings. The molecule has 0 fully saturated rings. The van der Waals surface area contributed by atoms with Crippen LogP contribution < -0.4 is 11.3 Å². The molecule has 0 bridgehead atoms. The van der Waals surface area contributed by atoms with Gasteiger partial charge in [-0.25, -0.2) is 0 Å². The van der Waals surface area contributed by atoms with Crippen molar-refractivity contribution in [3.05, 3.63) is 61.9 Å². The highest BCUT2D eigenvalue weighted by atomic mass is 127. The van der Waals surface area contributed by atoms with Gasteiger partial charge in [-0.3, -0.25) is 16.3 Å². The van der Waals surface area contributed by atoms with E-state index in [-0.39, 0.29) is 6.04 Å². The second-order valence-electron chi connectivity index (χ2n) is 3.96. The van der Waals surface area contributed by atoms with Crippen LogP contribution in [0.2, 0.25) is 0 Å². The van der Waals surface area contributed by atoms with Crippen LogP contribution in [0.3, 0.4) is 0 Å². The maximum absolute atomic E-state index is 5.67. The summed E-state index contributed by atoms with van der Waals surface area (Å²) in [6.07, 6.45) is 4.45. The Kier molecular flexibility index (Phi) is 5.11. The normalized spacial score (nSPS) is 12.4. The number of pyridine rings is 1. The number of benzene rings is 1. The summed E-state index contributed by atoms with van der Waals surface area (Å²) in [5, 5.41) is 0. The number of hydrogen-bond acceptors (Lipinski definition) is 3. The molecule has 1 aromatic heterocycles. The maximum atomic E-state index is 5.67. The Hall–Kier alpha value is -0.500. The maximum Gasteiger partial charge on any atom is 0.0511 e. The van der Waals surface area contributed by atoms with Crippen LogP contribution in [0.25, 0.3) is 0 Å². The Bertz CT molecular complexity index is 533. The Morgan fingerprint density at radius 1 is 1.33 bits per heavy atom. The van der Waals surface area contributed by atoms with Crippen LogP contribution in [0.1, 0.15) is 17.2 Å². The molecule has 3 nitrogen and oxygen atoms in total. The molecular formula is C13H13BrIN3. The van der Waals surface area contributed by atoms with E-state index in [9.17, 15) is 0 Å². The van der Waals surface area contributed by atoms with Crippen molar-refractivity contribution in [2.75, 3.05) is 0 Å². The van der Waals surface area contributed by atoms with Crippen LogP contribution in [-0.4, -0.2) is 4.98 Å². The summed E-state index contributed by atoms with van der Waals surface area (Å²) in [4.78, 5) is 4.17. The van der Waals surface area contributed by atoms with Crippen LogP contribution in [-0.2, 0) is 6.42 Å². The van der Waals surface area contributed by atoms with Crippen molar-refractivity contribution < 1.29 is 0 Å². The summed E-state index contributed by atoms with van der Waals surface area (Å²) in [6.45, 7) is 0. The standard InChI is InChI=1S/C13H13BrIN3/c14-10-5-9(7-17-8-10)6-13(18-16)11-3-1-2-4-12(11)15/h1-5,7-8,13,18H,6,16H2. The predicted molar refractivity (Wildman–Crippen MR) is 84.9 cm³/mol. The Morgan fingerprint density at radius 3 is 2.78 bits per heavy atom. The highest BCUT2D eigenvalue weighted by molar-refractivity contribution is 14.1. The number of rotatable bonds is 4. The molecule has 1 aromatic carbocycles. The number of aromatic nitrogens is 1. The number of hydrogen-bond donors (Lipinski definition) is 2. The lowest BCUT2D eigenvalue weighted by molar-refractivity contribution is 0.549. The number of halogens is 2. The Morgan fingerprint density at radius 2 is 2.11 bits per heavy atom. The lowest BCUT2D eigenvalue weighted by atomic mass is 10.0. The summed E-state index contributed by atoms with van der Waals surface area (Å²) < 4.78 is 2.19. The molecule has 2 aromatic rings. The van der Waals surface area contributed by atoms with Crippen molar-refractivity contribution in [1.82, 2.24) is 10.4 Å². The first-order chi connectivity index (χ1) is 8.70. The molecule has 18 heavy (non-hydrogen) atoms. The largest absolute Gasteiger partial charge is 0.271 e. The van der Waals surface area contributed by atoms with Crippen molar-refractivity contribution in [1.29, 1.82) is 0 Å². The van der Waals surface area contributed by atoms with Gasteiger partial charge in [0.2, 0.25) is 0 Å². The molecule has 0 aliphatic carbocycles. The molecular weight excluding hydrogens is 405 g/mol. The van der Waals surface area contributed by atoms with E-state index in [2.05, 4.69) is 67.1 Å². The SMILES string of the molecule is NNC(Cc1cncc(Br)c1)c1ccccc1I. The van der Waals surface area contributed by atoms with E-state index in [1.807, 2.05) is 18.3 Å². The molecule has 94 valence electrons. The Labute approximate surface area is 128 Å². The fourth-order valence-corrected chi connectivity index (χ4v) is 3.00. The second kappa shape index (κ2) is 6.60. The molecule has 1 unspecified atom stereocenters. The van der Waals surface area contributed by atoms with Crippen molar-refractivity contribution in [3.63, 3.8) is 0 Å². The fraction of sp³-hybridized carbons (Fsp3) is 0.154. The van der Waals surface area contributed by atoms with Crippen LogP contribution in [0, 0.1) is 3.57 Å². The summed E-state index contributed by atoms with van der Waals surface area (Å²) in [6, 6.07) is 10.4. The van der Waals surface area contributed by atoms with E-state index in [4.69, 9.17) is 5.84 Å². The van der Waals surface area contributed by atoms with E-state index >= 15 is 0 Å². The first-order valence-corrected chi connectivity index (χ1v) is 7.38. The van der Waals surface area contributed by atoms with E-state index in [0.717, 1.165) is 16.5 Å². The molecule has 1 heterocycles. The minimum atomic E-state index is 0.0919. The molecule has 1 atom stereocenters. The van der Waals surface area contributed by atoms with Gasteiger partial charge in [-0.15, -0.1) is 0 Å². The zero-order chi connectivity index (χ0) is 13.0. The zero-order valence-electron chi connectivity index (χ0n) is 9.61. The molecule has 0 saturated heterocycles. The van der Waals surface area contributed by atoms with Gasteiger partial charge < -0.3 is 0 Å². The van der Waals surface area contributed by atoms with Gasteiger partial charge in [-0.2, -0.15) is 0 Å². The predicted octanol–water partition coefficient (Wildman–Crippen LogP) is 3.20. The third-order valence-corrected chi connectivity index (χ3v) is 4.10. The van der Waals surface area contributed by atoms with Crippen LogP contribution in [0.4, 0.5) is 0 Å². The lowest BCUT2D eigenvalue weighted by Gasteiger charge is -2.17. The van der Waals surface area contributed by atoms with E-state index < -0.39 is 0 Å². The van der Waals surface area contributed by atoms with Gasteiger partial charge in [0.05, 0.1) is 6.04 Å². The molecule has 0 saturated carbocycles. The number of nitrogens with two attached hydrogens (primary N) is 1. The van der Waals surface area contributed by atoms with E-state index in [0.29, 0.717) is 0 Å². The van der Waals surface area contributed by atoms with Crippen LogP contribution in [0.15, 0.2) is 47.2 Å². The van der Waals surface area contributed by atoms with Gasteiger partial charge in [0.25, 0.3) is 0 Å². The molecule has 0 radical (unpaired) electrons. The average molecular weight is 418 g/mol. The summed E-state index contributed by atoms with van der Waals surface area (Å²) >= 11 is 5.76. The highest BCUT2D eigenvalue weighted by Gasteiger charge is 2.13. The van der Waals surface area contributed by atoms with E-state index in [1.54, 1.807) is 6.20 Å². The second-order valence-corrected chi connectivity index (χ2v) is 6.03. The number of nitrogens with zero attached hydrogens (tertiary/aromatic N) is 1. The third-order valence-electron chi connectivity index (χ3n) is 2.68. The quantitative estimate of drug-likeness (QED) is 0.456. The summed E-state index contributed by atoms with van der Waals surface area (Å²) in [5.74, 6) is 5.67. The summed E-state index contributed by atoms with van der Waals surface area (Å²) in [7, 11) is 0. The lowest BCUT2D eigenvalue weighted by Crippen LogP contribution is -2.30. The first kappa shape index (κ1) is 13.9. The minimum Gasteiger partial charge on any atom is -0.271 e. The van der Waals surface area contributed by atoms with Crippen molar-refractivity contribution in [3.8, 4) is 0 Å². The smallest absolute Gasteiger partial charge is 0.0511 e. The molecule has 0 aliphatic heterocycles. The van der Waals surface area contributed by atoms with Crippen molar-refractivity contribution >= 4 is 38.5 Å². The fourth-order valence-electron chi connectivity index (χ4n) is 1.82. The zero-order valence-corrected chi connectivity index (χ0v) is 13.3. The average Bonchev–Trinajstić information content (AvgIpc) is 2.37. The summed E-state index contributed by atoms with van der Waals surface area (Å²) in [5.41, 5.74) is 5.23. The van der Waals surface area contributed by atoms with Gasteiger partial charge in [-0.1, -0.05) is 18.2 Å². The molecule has 0 spiro atoms. The monoisotopic (exact) mass is 417 g/mol. The first-order valence-electron chi connectivity index (χ1n) is 5.50. The van der Waals surface area contributed by atoms with Gasteiger partial charge in [0.1, 0.15) is 0 Å². The topological polar surface area (TPSA) is 50.9 Å². The van der Waals surface area contributed by atoms with Gasteiger partial charge in [0, 0.05) is 20.4 Å². The van der Waals surface area contributed by atoms with Crippen LogP contribution >= 0.6 is 38.5 Å².